The number of allylic oxidation sites excluding steroid dienone is 1. The van der Waals surface area contributed by atoms with E-state index in [9.17, 15) is 9.59 Å². The maximum Gasteiger partial charge on any atom is 0.337 e. The molecule has 31 heavy (non-hydrogen) atoms. The number of esters is 1. The Bertz CT molecular complexity index is 1160. The lowest BCUT2D eigenvalue weighted by Gasteiger charge is -2.10. The van der Waals surface area contributed by atoms with Crippen molar-refractivity contribution in [2.45, 2.75) is 6.61 Å². The molecule has 0 spiro atoms. The Labute approximate surface area is 179 Å². The largest absolute Gasteiger partial charge is 0.497 e. The fourth-order valence-corrected chi connectivity index (χ4v) is 3.18. The van der Waals surface area contributed by atoms with Crippen molar-refractivity contribution in [1.29, 1.82) is 0 Å². The number of methoxy groups -OCH3 is 2. The molecule has 4 rings (SSSR count). The number of benzene rings is 3. The summed E-state index contributed by atoms with van der Waals surface area (Å²) in [6.45, 7) is 0.299. The summed E-state index contributed by atoms with van der Waals surface area (Å²) in [5.74, 6) is 1.35. The summed E-state index contributed by atoms with van der Waals surface area (Å²) in [6.07, 6.45) is 1.67. The fraction of sp³-hybridized carbons (Fsp3) is 0.120. The molecular weight excluding hydrogens is 396 g/mol. The highest BCUT2D eigenvalue weighted by molar-refractivity contribution is 6.14. The average Bonchev–Trinajstić information content (AvgIpc) is 3.12. The first-order chi connectivity index (χ1) is 15.1. The zero-order valence-electron chi connectivity index (χ0n) is 17.1. The Balaban J connectivity index is 1.51. The normalized spacial score (nSPS) is 13.5. The number of rotatable bonds is 6. The van der Waals surface area contributed by atoms with Crippen LogP contribution in [0.2, 0.25) is 0 Å². The molecule has 0 fully saturated rings. The standard InChI is InChI=1S/C25H20O6/c1-28-19-11-12-20-22(14-19)31-23(24(20)26)13-18-5-3-4-6-21(18)30-15-16-7-9-17(10-8-16)25(27)29-2/h3-14H,15H2,1-2H3/b23-13-. The molecule has 0 N–H and O–H groups in total. The van der Waals surface area contributed by atoms with Gasteiger partial charge in [0.1, 0.15) is 23.9 Å². The average molecular weight is 416 g/mol. The molecule has 0 atom stereocenters. The Morgan fingerprint density at radius 3 is 2.52 bits per heavy atom. The first-order valence-electron chi connectivity index (χ1n) is 9.60. The van der Waals surface area contributed by atoms with Gasteiger partial charge in [0.05, 0.1) is 25.3 Å². The molecule has 0 bridgehead atoms. The summed E-state index contributed by atoms with van der Waals surface area (Å²) in [5.41, 5.74) is 2.58. The highest BCUT2D eigenvalue weighted by Crippen LogP contribution is 2.35. The van der Waals surface area contributed by atoms with E-state index >= 15 is 0 Å². The van der Waals surface area contributed by atoms with E-state index in [4.69, 9.17) is 18.9 Å². The van der Waals surface area contributed by atoms with E-state index in [1.807, 2.05) is 24.3 Å². The summed E-state index contributed by atoms with van der Waals surface area (Å²) in [7, 11) is 2.91. The van der Waals surface area contributed by atoms with Crippen LogP contribution in [-0.4, -0.2) is 26.0 Å². The van der Waals surface area contributed by atoms with Crippen LogP contribution in [0, 0.1) is 0 Å². The van der Waals surface area contributed by atoms with Gasteiger partial charge in [-0.25, -0.2) is 4.79 Å². The Kier molecular flexibility index (Phi) is 5.71. The summed E-state index contributed by atoms with van der Waals surface area (Å²) in [4.78, 5) is 24.2. The van der Waals surface area contributed by atoms with Gasteiger partial charge < -0.3 is 18.9 Å². The number of ether oxygens (including phenoxy) is 4. The van der Waals surface area contributed by atoms with Crippen molar-refractivity contribution in [3.63, 3.8) is 0 Å². The molecule has 0 unspecified atom stereocenters. The van der Waals surface area contributed by atoms with Crippen molar-refractivity contribution < 1.29 is 28.5 Å². The second-order valence-corrected chi connectivity index (χ2v) is 6.82. The minimum absolute atomic E-state index is 0.189. The number of para-hydroxylation sites is 1. The number of Topliss-reactive ketones (excluding diaryl/α,β-unsaturated/α-hetero) is 1. The van der Waals surface area contributed by atoms with Gasteiger partial charge >= 0.3 is 5.97 Å². The van der Waals surface area contributed by atoms with Crippen LogP contribution in [0.15, 0.2) is 72.5 Å². The molecule has 156 valence electrons. The van der Waals surface area contributed by atoms with Crippen LogP contribution in [-0.2, 0) is 11.3 Å². The number of ketones is 1. The lowest BCUT2D eigenvalue weighted by molar-refractivity contribution is 0.0600. The molecule has 6 heteroatoms. The minimum Gasteiger partial charge on any atom is -0.497 e. The number of hydrogen-bond acceptors (Lipinski definition) is 6. The Morgan fingerprint density at radius 2 is 1.77 bits per heavy atom. The van der Waals surface area contributed by atoms with Crippen molar-refractivity contribution in [2.75, 3.05) is 14.2 Å². The molecule has 0 aliphatic carbocycles. The first-order valence-corrected chi connectivity index (χ1v) is 9.60. The highest BCUT2D eigenvalue weighted by atomic mass is 16.5. The molecule has 0 radical (unpaired) electrons. The molecule has 1 heterocycles. The van der Waals surface area contributed by atoms with Crippen LogP contribution in [0.25, 0.3) is 6.08 Å². The van der Waals surface area contributed by atoms with E-state index in [0.29, 0.717) is 35.0 Å². The summed E-state index contributed by atoms with van der Waals surface area (Å²) >= 11 is 0. The highest BCUT2D eigenvalue weighted by Gasteiger charge is 2.28. The van der Waals surface area contributed by atoms with E-state index in [2.05, 4.69) is 0 Å². The van der Waals surface area contributed by atoms with Gasteiger partial charge in [0.2, 0.25) is 5.78 Å². The zero-order chi connectivity index (χ0) is 21.8. The molecule has 6 nitrogen and oxygen atoms in total. The fourth-order valence-electron chi connectivity index (χ4n) is 3.18. The smallest absolute Gasteiger partial charge is 0.337 e. The molecular formula is C25H20O6. The number of carbonyl (C=O) groups is 2. The third-order valence-corrected chi connectivity index (χ3v) is 4.85. The van der Waals surface area contributed by atoms with E-state index in [-0.39, 0.29) is 17.5 Å². The van der Waals surface area contributed by atoms with Gasteiger partial charge in [-0.2, -0.15) is 0 Å². The van der Waals surface area contributed by atoms with E-state index in [1.165, 1.54) is 7.11 Å². The van der Waals surface area contributed by atoms with Crippen LogP contribution in [0.4, 0.5) is 0 Å². The van der Waals surface area contributed by atoms with Crippen LogP contribution in [0.5, 0.6) is 17.2 Å². The van der Waals surface area contributed by atoms with Gasteiger partial charge in [0, 0.05) is 11.6 Å². The lowest BCUT2D eigenvalue weighted by atomic mass is 10.1. The van der Waals surface area contributed by atoms with Crippen LogP contribution >= 0.6 is 0 Å². The molecule has 0 aromatic heterocycles. The van der Waals surface area contributed by atoms with Crippen molar-refractivity contribution in [3.05, 3.63) is 94.7 Å². The second-order valence-electron chi connectivity index (χ2n) is 6.82. The molecule has 3 aromatic rings. The lowest BCUT2D eigenvalue weighted by Crippen LogP contribution is -2.02. The van der Waals surface area contributed by atoms with Gasteiger partial charge in [-0.05, 0) is 42.0 Å². The monoisotopic (exact) mass is 416 g/mol. The second kappa shape index (κ2) is 8.75. The van der Waals surface area contributed by atoms with Crippen LogP contribution < -0.4 is 14.2 Å². The molecule has 0 amide bonds. The Hall–Kier alpha value is -4.06. The summed E-state index contributed by atoms with van der Waals surface area (Å²) in [5, 5.41) is 0. The van der Waals surface area contributed by atoms with Gasteiger partial charge in [-0.3, -0.25) is 4.79 Å². The van der Waals surface area contributed by atoms with Crippen LogP contribution in [0.3, 0.4) is 0 Å². The number of hydrogen-bond donors (Lipinski definition) is 0. The van der Waals surface area contributed by atoms with Gasteiger partial charge in [0.25, 0.3) is 0 Å². The maximum absolute atomic E-state index is 12.7. The van der Waals surface area contributed by atoms with E-state index in [0.717, 1.165) is 11.1 Å². The third kappa shape index (κ3) is 4.28. The van der Waals surface area contributed by atoms with Crippen LogP contribution in [0.1, 0.15) is 31.8 Å². The molecule has 0 saturated heterocycles. The predicted octanol–water partition coefficient (Wildman–Crippen LogP) is 4.68. The van der Waals surface area contributed by atoms with Crippen molar-refractivity contribution in [1.82, 2.24) is 0 Å². The summed E-state index contributed by atoms with van der Waals surface area (Å²) in [6, 6.07) is 19.5. The predicted molar refractivity (Wildman–Crippen MR) is 114 cm³/mol. The molecule has 0 saturated carbocycles. The SMILES string of the molecule is COC(=O)c1ccc(COc2ccccc2/C=C2\Oc3cc(OC)ccc3C2=O)cc1. The number of carbonyl (C=O) groups excluding carboxylic acids is 2. The topological polar surface area (TPSA) is 71.1 Å². The third-order valence-electron chi connectivity index (χ3n) is 4.85. The van der Waals surface area contributed by atoms with Crippen molar-refractivity contribution in [2.24, 2.45) is 0 Å². The van der Waals surface area contributed by atoms with Gasteiger partial charge in [0.15, 0.2) is 5.76 Å². The zero-order valence-corrected chi connectivity index (χ0v) is 17.1. The maximum atomic E-state index is 12.7. The Morgan fingerprint density at radius 1 is 1.00 bits per heavy atom. The summed E-state index contributed by atoms with van der Waals surface area (Å²) < 4.78 is 21.6. The number of fused-ring (bicyclic) bond motifs is 1. The first kappa shape index (κ1) is 20.2. The van der Waals surface area contributed by atoms with E-state index in [1.54, 1.807) is 55.7 Å². The van der Waals surface area contributed by atoms with Gasteiger partial charge in [-0.15, -0.1) is 0 Å². The van der Waals surface area contributed by atoms with Crippen molar-refractivity contribution in [3.8, 4) is 17.2 Å². The molecule has 1 aliphatic rings. The van der Waals surface area contributed by atoms with E-state index < -0.39 is 0 Å². The minimum atomic E-state index is -0.385. The quantitative estimate of drug-likeness (QED) is 0.429. The molecule has 3 aromatic carbocycles. The molecule has 1 aliphatic heterocycles. The van der Waals surface area contributed by atoms with Gasteiger partial charge in [-0.1, -0.05) is 30.3 Å². The van der Waals surface area contributed by atoms with Crippen molar-refractivity contribution >= 4 is 17.8 Å².